The van der Waals surface area contributed by atoms with E-state index in [9.17, 15) is 4.39 Å². The van der Waals surface area contributed by atoms with Crippen molar-refractivity contribution >= 4 is 15.9 Å². The highest BCUT2D eigenvalue weighted by molar-refractivity contribution is 9.10. The summed E-state index contributed by atoms with van der Waals surface area (Å²) in [5.74, 6) is -0.263. The van der Waals surface area contributed by atoms with Crippen molar-refractivity contribution in [3.63, 3.8) is 0 Å². The Morgan fingerprint density at radius 1 is 1.32 bits per heavy atom. The van der Waals surface area contributed by atoms with Crippen LogP contribution in [0.1, 0.15) is 26.5 Å². The Hall–Kier alpha value is -1.20. The fourth-order valence-corrected chi connectivity index (χ4v) is 2.20. The fourth-order valence-electron chi connectivity index (χ4n) is 1.65. The molecule has 3 nitrogen and oxygen atoms in total. The van der Waals surface area contributed by atoms with Gasteiger partial charge in [-0.3, -0.25) is 5.10 Å². The third kappa shape index (κ3) is 3.88. The van der Waals surface area contributed by atoms with Gasteiger partial charge in [0.15, 0.2) is 0 Å². The van der Waals surface area contributed by atoms with Crippen molar-refractivity contribution in [2.75, 3.05) is 0 Å². The minimum Gasteiger partial charge on any atom is -0.306 e. The highest BCUT2D eigenvalue weighted by Gasteiger charge is 2.11. The van der Waals surface area contributed by atoms with Crippen LogP contribution in [0.4, 0.5) is 4.39 Å². The number of rotatable bonds is 3. The number of nitrogens with one attached hydrogen (secondary N) is 2. The number of H-pyrrole nitrogens is 1. The summed E-state index contributed by atoms with van der Waals surface area (Å²) in [6.07, 6.45) is 0. The zero-order valence-electron chi connectivity index (χ0n) is 11.2. The average Bonchev–Trinajstić information content (AvgIpc) is 2.74. The van der Waals surface area contributed by atoms with Crippen LogP contribution in [0.5, 0.6) is 0 Å². The molecule has 0 aliphatic rings. The summed E-state index contributed by atoms with van der Waals surface area (Å²) in [4.78, 5) is 0. The molecule has 102 valence electrons. The molecule has 2 N–H and O–H groups in total. The normalized spacial score (nSPS) is 11.8. The van der Waals surface area contributed by atoms with Crippen LogP contribution in [0, 0.1) is 5.82 Å². The maximum Gasteiger partial charge on any atom is 0.124 e. The molecule has 0 spiro atoms. The van der Waals surface area contributed by atoms with Crippen molar-refractivity contribution in [2.45, 2.75) is 32.9 Å². The van der Waals surface area contributed by atoms with E-state index >= 15 is 0 Å². The van der Waals surface area contributed by atoms with Crippen molar-refractivity contribution in [2.24, 2.45) is 0 Å². The summed E-state index contributed by atoms with van der Waals surface area (Å²) in [5, 5.41) is 10.6. The molecule has 19 heavy (non-hydrogen) atoms. The highest BCUT2D eigenvalue weighted by atomic mass is 79.9. The summed E-state index contributed by atoms with van der Waals surface area (Å²) in [6.45, 7) is 7.05. The predicted molar refractivity (Wildman–Crippen MR) is 78.3 cm³/mol. The van der Waals surface area contributed by atoms with Crippen LogP contribution in [0.3, 0.4) is 0 Å². The van der Waals surface area contributed by atoms with Crippen LogP contribution in [0.15, 0.2) is 28.7 Å². The second-order valence-electron chi connectivity index (χ2n) is 5.51. The van der Waals surface area contributed by atoms with Gasteiger partial charge in [-0.25, -0.2) is 4.39 Å². The molecule has 0 aliphatic carbocycles. The number of benzene rings is 1. The Labute approximate surface area is 120 Å². The molecule has 0 saturated heterocycles. The predicted octanol–water partition coefficient (Wildman–Crippen LogP) is 3.87. The van der Waals surface area contributed by atoms with Crippen LogP contribution in [-0.2, 0) is 6.54 Å². The van der Waals surface area contributed by atoms with Crippen molar-refractivity contribution in [1.82, 2.24) is 15.5 Å². The van der Waals surface area contributed by atoms with E-state index < -0.39 is 0 Å². The smallest absolute Gasteiger partial charge is 0.124 e. The number of aromatic nitrogens is 2. The molecule has 0 amide bonds. The second-order valence-corrected chi connectivity index (χ2v) is 6.36. The van der Waals surface area contributed by atoms with Gasteiger partial charge in [-0.15, -0.1) is 0 Å². The maximum atomic E-state index is 13.1. The van der Waals surface area contributed by atoms with E-state index in [1.807, 2.05) is 6.07 Å². The number of hydrogen-bond donors (Lipinski definition) is 2. The molecule has 0 fully saturated rings. The van der Waals surface area contributed by atoms with Crippen LogP contribution in [-0.4, -0.2) is 15.7 Å². The lowest BCUT2D eigenvalue weighted by atomic mass is 10.1. The standard InChI is InChI=1S/C14H17BrFN3/c1-14(2,3)17-8-10-7-13(19-18-10)11-5-4-9(16)6-12(11)15/h4-7,17H,8H2,1-3H3,(H,18,19). The van der Waals surface area contributed by atoms with Gasteiger partial charge < -0.3 is 5.32 Å². The zero-order chi connectivity index (χ0) is 14.0. The van der Waals surface area contributed by atoms with Crippen molar-refractivity contribution in [3.05, 3.63) is 40.2 Å². The molecular weight excluding hydrogens is 309 g/mol. The minimum atomic E-state index is -0.263. The Bertz CT molecular complexity index is 572. The van der Waals surface area contributed by atoms with Gasteiger partial charge in [0, 0.05) is 27.8 Å². The van der Waals surface area contributed by atoms with E-state index in [2.05, 4.69) is 52.2 Å². The molecule has 0 unspecified atom stereocenters. The molecule has 2 rings (SSSR count). The van der Waals surface area contributed by atoms with E-state index in [1.165, 1.54) is 12.1 Å². The number of hydrogen-bond acceptors (Lipinski definition) is 2. The lowest BCUT2D eigenvalue weighted by molar-refractivity contribution is 0.421. The lowest BCUT2D eigenvalue weighted by Crippen LogP contribution is -2.35. The van der Waals surface area contributed by atoms with Gasteiger partial charge in [-0.1, -0.05) is 0 Å². The van der Waals surface area contributed by atoms with Gasteiger partial charge in [-0.05, 0) is 61.0 Å². The van der Waals surface area contributed by atoms with Gasteiger partial charge in [0.05, 0.1) is 5.69 Å². The zero-order valence-corrected chi connectivity index (χ0v) is 12.8. The summed E-state index contributed by atoms with van der Waals surface area (Å²) in [6, 6.07) is 6.56. The molecule has 2 aromatic rings. The molecule has 1 heterocycles. The first kappa shape index (κ1) is 14.2. The van der Waals surface area contributed by atoms with E-state index in [0.717, 1.165) is 23.5 Å². The molecule has 1 aromatic carbocycles. The summed E-state index contributed by atoms with van der Waals surface area (Å²) >= 11 is 3.35. The largest absolute Gasteiger partial charge is 0.306 e. The Balaban J connectivity index is 2.16. The first-order valence-corrected chi connectivity index (χ1v) is 6.89. The van der Waals surface area contributed by atoms with E-state index in [1.54, 1.807) is 6.07 Å². The van der Waals surface area contributed by atoms with Crippen LogP contribution >= 0.6 is 15.9 Å². The highest BCUT2D eigenvalue weighted by Crippen LogP contribution is 2.27. The topological polar surface area (TPSA) is 40.7 Å². The van der Waals surface area contributed by atoms with Crippen LogP contribution < -0.4 is 5.32 Å². The number of aromatic amines is 1. The van der Waals surface area contributed by atoms with Gasteiger partial charge >= 0.3 is 0 Å². The second kappa shape index (κ2) is 5.43. The third-order valence-corrected chi connectivity index (χ3v) is 3.30. The van der Waals surface area contributed by atoms with Gasteiger partial charge in [0.1, 0.15) is 5.82 Å². The quantitative estimate of drug-likeness (QED) is 0.899. The van der Waals surface area contributed by atoms with Crippen LogP contribution in [0.25, 0.3) is 11.3 Å². The first-order valence-electron chi connectivity index (χ1n) is 6.10. The third-order valence-electron chi connectivity index (χ3n) is 2.65. The maximum absolute atomic E-state index is 13.1. The average molecular weight is 326 g/mol. The van der Waals surface area contributed by atoms with Crippen molar-refractivity contribution in [1.29, 1.82) is 0 Å². The summed E-state index contributed by atoms with van der Waals surface area (Å²) in [7, 11) is 0. The van der Waals surface area contributed by atoms with Gasteiger partial charge in [0.25, 0.3) is 0 Å². The number of halogens is 2. The molecule has 0 atom stereocenters. The van der Waals surface area contributed by atoms with Crippen molar-refractivity contribution < 1.29 is 4.39 Å². The van der Waals surface area contributed by atoms with Gasteiger partial charge in [-0.2, -0.15) is 5.10 Å². The summed E-state index contributed by atoms with van der Waals surface area (Å²) < 4.78 is 13.8. The number of nitrogens with zero attached hydrogens (tertiary/aromatic N) is 1. The fraction of sp³-hybridized carbons (Fsp3) is 0.357. The Morgan fingerprint density at radius 2 is 2.05 bits per heavy atom. The SMILES string of the molecule is CC(C)(C)NCc1cc(-c2ccc(F)cc2Br)n[nH]1. The first-order chi connectivity index (χ1) is 8.85. The van der Waals surface area contributed by atoms with Crippen molar-refractivity contribution in [3.8, 4) is 11.3 Å². The Morgan fingerprint density at radius 3 is 2.68 bits per heavy atom. The lowest BCUT2D eigenvalue weighted by Gasteiger charge is -2.19. The minimum absolute atomic E-state index is 0.0573. The molecule has 0 saturated carbocycles. The molecule has 0 bridgehead atoms. The molecule has 0 aliphatic heterocycles. The molecule has 1 aromatic heterocycles. The molecular formula is C14H17BrFN3. The monoisotopic (exact) mass is 325 g/mol. The Kier molecular flexibility index (Phi) is 4.06. The van der Waals surface area contributed by atoms with Gasteiger partial charge in [0.2, 0.25) is 0 Å². The van der Waals surface area contributed by atoms with E-state index in [0.29, 0.717) is 4.47 Å². The van der Waals surface area contributed by atoms with E-state index in [-0.39, 0.29) is 11.4 Å². The molecule has 0 radical (unpaired) electrons. The summed E-state index contributed by atoms with van der Waals surface area (Å²) in [5.41, 5.74) is 2.74. The molecule has 5 heteroatoms. The van der Waals surface area contributed by atoms with Crippen LogP contribution in [0.2, 0.25) is 0 Å². The van der Waals surface area contributed by atoms with E-state index in [4.69, 9.17) is 0 Å².